The lowest BCUT2D eigenvalue weighted by Gasteiger charge is -1.77. The normalized spacial score (nSPS) is 7.40. The van der Waals surface area contributed by atoms with E-state index >= 15 is 0 Å². The summed E-state index contributed by atoms with van der Waals surface area (Å²) in [7, 11) is 6.03. The summed E-state index contributed by atoms with van der Waals surface area (Å²) in [6.07, 6.45) is 1.52. The second-order valence-corrected chi connectivity index (χ2v) is 0.600. The first-order valence-electron chi connectivity index (χ1n) is 1.31. The maximum atomic E-state index is 6.03. The molecule has 5 heavy (non-hydrogen) atoms. The Morgan fingerprint density at radius 1 is 2.00 bits per heavy atom. The second-order valence-electron chi connectivity index (χ2n) is 0.600. The van der Waals surface area contributed by atoms with Crippen molar-refractivity contribution in [2.24, 2.45) is 0 Å². The Bertz CT molecular complexity index is 24.8. The molecule has 0 aromatic heterocycles. The van der Waals surface area contributed by atoms with E-state index in [0.29, 0.717) is 6.61 Å². The highest BCUT2D eigenvalue weighted by Gasteiger charge is 1.60. The van der Waals surface area contributed by atoms with E-state index in [4.69, 9.17) is 7.11 Å². The molecule has 0 amide bonds. The molecule has 0 aromatic carbocycles. The zero-order valence-electron chi connectivity index (χ0n) is 2.90. The predicted octanol–water partition coefficient (Wildman–Crippen LogP) is 0.735. The predicted molar refractivity (Wildman–Crippen MR) is 19.4 cm³/mol. The van der Waals surface area contributed by atoms with Crippen LogP contribution in [0.2, 0.25) is 0 Å². The van der Waals surface area contributed by atoms with Gasteiger partial charge in [-0.2, -0.15) is 0 Å². The minimum Gasteiger partial charge on any atom is -0.361 e. The minimum atomic E-state index is 0.319. The molecule has 27 valence electrons. The molecule has 0 rings (SSSR count). The van der Waals surface area contributed by atoms with Gasteiger partial charge in [0.1, 0.15) is 0 Å². The van der Waals surface area contributed by atoms with Crippen molar-refractivity contribution in [3.8, 4) is 0 Å². The quantitative estimate of drug-likeness (QED) is 0.434. The molecule has 0 N–H and O–H groups in total. The summed E-state index contributed by atoms with van der Waals surface area (Å²) in [6.45, 7) is 3.62. The van der Waals surface area contributed by atoms with Crippen LogP contribution in [0.15, 0.2) is 12.7 Å². The molecule has 0 aliphatic rings. The van der Waals surface area contributed by atoms with Gasteiger partial charge in [-0.05, 0) is 0 Å². The van der Waals surface area contributed by atoms with E-state index in [0.717, 1.165) is 0 Å². The van der Waals surface area contributed by atoms with Crippen LogP contribution < -0.4 is 0 Å². The Balaban J connectivity index is 2.40. The van der Waals surface area contributed by atoms with Crippen LogP contribution in [0.5, 0.6) is 0 Å². The smallest absolute Gasteiger partial charge is 0.174 e. The fraction of sp³-hybridized carbons (Fsp3) is 0.250. The molecule has 0 fully saturated rings. The third kappa shape index (κ3) is 3.70. The Morgan fingerprint density at radius 2 is 2.60 bits per heavy atom. The van der Waals surface area contributed by atoms with Crippen molar-refractivity contribution in [2.75, 3.05) is 6.61 Å². The number of ether oxygens (including phenoxy) is 1. The van der Waals surface area contributed by atoms with Gasteiger partial charge >= 0.3 is 0 Å². The first-order valence-corrected chi connectivity index (χ1v) is 1.31. The van der Waals surface area contributed by atoms with Crippen LogP contribution in [0.1, 0.15) is 0 Å². The zero-order valence-corrected chi connectivity index (χ0v) is 2.90. The standard InChI is InChI=1S/C4H5O/c1-3-4-5-2/h3H,1,4H2. The maximum absolute atomic E-state index is 6.03. The monoisotopic (exact) mass is 69.0 g/mol. The molecule has 3 radical (unpaired) electrons. The van der Waals surface area contributed by atoms with Gasteiger partial charge < -0.3 is 4.74 Å². The van der Waals surface area contributed by atoms with E-state index in [9.17, 15) is 0 Å². The van der Waals surface area contributed by atoms with Crippen LogP contribution in [0.4, 0.5) is 0 Å². The molecule has 0 heterocycles. The highest BCUT2D eigenvalue weighted by atomic mass is 16.5. The lowest BCUT2D eigenvalue weighted by molar-refractivity contribution is 0.282. The summed E-state index contributed by atoms with van der Waals surface area (Å²) in [5.74, 6) is 0. The topological polar surface area (TPSA) is 9.23 Å². The van der Waals surface area contributed by atoms with Crippen LogP contribution in [0.25, 0.3) is 0 Å². The summed E-state index contributed by atoms with van der Waals surface area (Å²) in [4.78, 5) is 0. The van der Waals surface area contributed by atoms with Crippen molar-refractivity contribution in [3.63, 3.8) is 0 Å². The van der Waals surface area contributed by atoms with E-state index in [2.05, 4.69) is 11.3 Å². The zero-order chi connectivity index (χ0) is 4.12. The molecule has 0 bridgehead atoms. The first-order chi connectivity index (χ1) is 2.41. The summed E-state index contributed by atoms with van der Waals surface area (Å²) < 4.78 is 3.82. The number of hydrogen-bond acceptors (Lipinski definition) is 1. The number of rotatable bonds is 2. The SMILES string of the molecule is [C]OCC=C. The summed E-state index contributed by atoms with van der Waals surface area (Å²) >= 11 is 0. The van der Waals surface area contributed by atoms with Crippen molar-refractivity contribution in [1.82, 2.24) is 0 Å². The van der Waals surface area contributed by atoms with E-state index in [-0.39, 0.29) is 0 Å². The Labute approximate surface area is 32.3 Å². The lowest BCUT2D eigenvalue weighted by atomic mass is 10.7. The molecule has 0 saturated heterocycles. The van der Waals surface area contributed by atoms with Crippen molar-refractivity contribution in [3.05, 3.63) is 19.8 Å². The first kappa shape index (κ1) is 4.70. The summed E-state index contributed by atoms with van der Waals surface area (Å²) in [5.41, 5.74) is 0. The van der Waals surface area contributed by atoms with E-state index in [1.54, 1.807) is 0 Å². The van der Waals surface area contributed by atoms with Gasteiger partial charge in [0.15, 0.2) is 7.11 Å². The molecule has 1 nitrogen and oxygen atoms in total. The summed E-state index contributed by atoms with van der Waals surface area (Å²) in [6, 6.07) is 0. The summed E-state index contributed by atoms with van der Waals surface area (Å²) in [5, 5.41) is 0. The van der Waals surface area contributed by atoms with Gasteiger partial charge in [-0.15, -0.1) is 6.58 Å². The highest BCUT2D eigenvalue weighted by molar-refractivity contribution is 4.62. The molecular formula is C4H5O. The second kappa shape index (κ2) is 3.70. The van der Waals surface area contributed by atoms with E-state index < -0.39 is 0 Å². The Morgan fingerprint density at radius 3 is 2.60 bits per heavy atom. The molecular weight excluding hydrogens is 64.0 g/mol. The molecule has 0 aliphatic heterocycles. The fourth-order valence-electron chi connectivity index (χ4n) is 0.0589. The van der Waals surface area contributed by atoms with Crippen LogP contribution >= 0.6 is 0 Å². The highest BCUT2D eigenvalue weighted by Crippen LogP contribution is 1.63. The van der Waals surface area contributed by atoms with Gasteiger partial charge in [0.2, 0.25) is 0 Å². The maximum Gasteiger partial charge on any atom is 0.174 e. The van der Waals surface area contributed by atoms with Crippen molar-refractivity contribution < 1.29 is 4.74 Å². The number of hydrogen-bond donors (Lipinski definition) is 0. The van der Waals surface area contributed by atoms with Crippen LogP contribution in [0, 0.1) is 7.11 Å². The van der Waals surface area contributed by atoms with Crippen molar-refractivity contribution in [2.45, 2.75) is 0 Å². The van der Waals surface area contributed by atoms with Crippen molar-refractivity contribution >= 4 is 0 Å². The third-order valence-corrected chi connectivity index (χ3v) is 0.201. The molecule has 0 spiro atoms. The molecule has 0 aromatic rings. The molecule has 0 unspecified atom stereocenters. The van der Waals surface area contributed by atoms with Crippen LogP contribution in [-0.2, 0) is 4.74 Å². The van der Waals surface area contributed by atoms with Crippen molar-refractivity contribution in [1.29, 1.82) is 0 Å². The Kier molecular flexibility index (Phi) is 3.48. The van der Waals surface area contributed by atoms with Crippen LogP contribution in [-0.4, -0.2) is 6.61 Å². The fourth-order valence-corrected chi connectivity index (χ4v) is 0.0589. The lowest BCUT2D eigenvalue weighted by Crippen LogP contribution is -1.73. The van der Waals surface area contributed by atoms with Gasteiger partial charge in [0.05, 0.1) is 6.61 Å². The molecule has 1 heteroatoms. The van der Waals surface area contributed by atoms with Gasteiger partial charge in [-0.3, -0.25) is 0 Å². The van der Waals surface area contributed by atoms with Gasteiger partial charge in [0.25, 0.3) is 0 Å². The van der Waals surface area contributed by atoms with Gasteiger partial charge in [-0.1, -0.05) is 6.08 Å². The van der Waals surface area contributed by atoms with E-state index in [1.165, 1.54) is 6.08 Å². The molecule has 0 atom stereocenters. The molecule has 0 aliphatic carbocycles. The van der Waals surface area contributed by atoms with Crippen LogP contribution in [0.3, 0.4) is 0 Å². The minimum absolute atomic E-state index is 0.319. The Hall–Kier alpha value is -0.300. The average Bonchev–Trinajstić information content (AvgIpc) is 1.41. The third-order valence-electron chi connectivity index (χ3n) is 0.201. The van der Waals surface area contributed by atoms with E-state index in [1.807, 2.05) is 0 Å². The van der Waals surface area contributed by atoms with Gasteiger partial charge in [-0.25, -0.2) is 0 Å². The van der Waals surface area contributed by atoms with Gasteiger partial charge in [0, 0.05) is 0 Å². The molecule has 0 saturated carbocycles. The average molecular weight is 69.1 g/mol. The largest absolute Gasteiger partial charge is 0.361 e.